The van der Waals surface area contributed by atoms with Crippen LogP contribution in [0.15, 0.2) is 76.9 Å². The van der Waals surface area contributed by atoms with Gasteiger partial charge in [-0.05, 0) is 29.8 Å². The summed E-state index contributed by atoms with van der Waals surface area (Å²) in [5, 5.41) is 3.41. The molecule has 7 nitrogen and oxygen atoms in total. The molecule has 0 aliphatic heterocycles. The minimum absolute atomic E-state index is 0.143. The summed E-state index contributed by atoms with van der Waals surface area (Å²) in [7, 11) is 0. The predicted molar refractivity (Wildman–Crippen MR) is 104 cm³/mol. The number of nitrogens with one attached hydrogen (secondary N) is 1. The smallest absolute Gasteiger partial charge is 0.261 e. The van der Waals surface area contributed by atoms with Crippen molar-refractivity contribution in [1.29, 1.82) is 0 Å². The van der Waals surface area contributed by atoms with Gasteiger partial charge in [-0.15, -0.1) is 0 Å². The molecule has 0 unspecified atom stereocenters. The molecule has 0 aliphatic carbocycles. The van der Waals surface area contributed by atoms with Crippen LogP contribution in [0.1, 0.15) is 12.0 Å². The van der Waals surface area contributed by atoms with E-state index in [0.717, 1.165) is 16.7 Å². The molecule has 0 radical (unpaired) electrons. The molecule has 1 N–H and O–H groups in total. The van der Waals surface area contributed by atoms with Gasteiger partial charge in [-0.1, -0.05) is 12.1 Å². The van der Waals surface area contributed by atoms with E-state index in [9.17, 15) is 9.59 Å². The van der Waals surface area contributed by atoms with Gasteiger partial charge in [-0.2, -0.15) is 0 Å². The van der Waals surface area contributed by atoms with Gasteiger partial charge in [0.2, 0.25) is 5.91 Å². The maximum absolute atomic E-state index is 12.4. The summed E-state index contributed by atoms with van der Waals surface area (Å²) in [6.45, 7) is 0.637. The van der Waals surface area contributed by atoms with Gasteiger partial charge in [0.1, 0.15) is 0 Å². The summed E-state index contributed by atoms with van der Waals surface area (Å²) in [6, 6.07) is 11.0. The van der Waals surface area contributed by atoms with Gasteiger partial charge in [0.15, 0.2) is 0 Å². The first-order valence-corrected chi connectivity index (χ1v) is 8.88. The number of rotatable bonds is 6. The van der Waals surface area contributed by atoms with Gasteiger partial charge in [0.05, 0.1) is 29.8 Å². The van der Waals surface area contributed by atoms with Gasteiger partial charge in [0.25, 0.3) is 5.56 Å². The van der Waals surface area contributed by atoms with Crippen molar-refractivity contribution in [2.75, 3.05) is 0 Å². The van der Waals surface area contributed by atoms with Crippen molar-refractivity contribution in [3.05, 3.63) is 83.6 Å². The number of aryl methyl sites for hydroxylation is 1. The van der Waals surface area contributed by atoms with E-state index in [0.29, 0.717) is 17.4 Å². The molecule has 3 heterocycles. The molecule has 28 heavy (non-hydrogen) atoms. The number of furan rings is 1. The normalized spacial score (nSPS) is 10.9. The number of fused-ring (bicyclic) bond motifs is 1. The lowest BCUT2D eigenvalue weighted by Crippen LogP contribution is -2.27. The molecule has 7 heteroatoms. The fourth-order valence-corrected chi connectivity index (χ4v) is 2.95. The maximum Gasteiger partial charge on any atom is 0.261 e. The number of carbonyl (C=O) groups excluding carboxylic acids is 1. The maximum atomic E-state index is 12.4. The van der Waals surface area contributed by atoms with Crippen molar-refractivity contribution in [3.63, 3.8) is 0 Å². The average Bonchev–Trinajstić information content (AvgIpc) is 3.27. The first-order chi connectivity index (χ1) is 13.7. The zero-order valence-corrected chi connectivity index (χ0v) is 15.0. The lowest BCUT2D eigenvalue weighted by molar-refractivity contribution is -0.121. The van der Waals surface area contributed by atoms with Crippen molar-refractivity contribution < 1.29 is 9.21 Å². The van der Waals surface area contributed by atoms with Crippen molar-refractivity contribution in [1.82, 2.24) is 19.9 Å². The summed E-state index contributed by atoms with van der Waals surface area (Å²) in [5.41, 5.74) is 3.25. The second kappa shape index (κ2) is 7.87. The highest BCUT2D eigenvalue weighted by Gasteiger charge is 2.07. The molecule has 4 rings (SSSR count). The fourth-order valence-electron chi connectivity index (χ4n) is 2.95. The summed E-state index contributed by atoms with van der Waals surface area (Å²) >= 11 is 0. The first-order valence-electron chi connectivity index (χ1n) is 8.88. The Balaban J connectivity index is 1.36. The molecule has 0 saturated carbocycles. The Morgan fingerprint density at radius 2 is 2.04 bits per heavy atom. The Labute approximate surface area is 160 Å². The number of hydrogen-bond donors (Lipinski definition) is 1. The monoisotopic (exact) mass is 374 g/mol. The molecule has 0 aliphatic rings. The zero-order chi connectivity index (χ0) is 19.3. The molecule has 3 aromatic heterocycles. The summed E-state index contributed by atoms with van der Waals surface area (Å²) in [4.78, 5) is 33.1. The van der Waals surface area contributed by atoms with Gasteiger partial charge in [-0.25, -0.2) is 4.98 Å². The van der Waals surface area contributed by atoms with E-state index in [1.807, 2.05) is 18.2 Å². The number of benzene rings is 1. The van der Waals surface area contributed by atoms with Crippen LogP contribution >= 0.6 is 0 Å². The van der Waals surface area contributed by atoms with Crippen molar-refractivity contribution in [2.24, 2.45) is 0 Å². The zero-order valence-electron chi connectivity index (χ0n) is 15.0. The van der Waals surface area contributed by atoms with Gasteiger partial charge in [0, 0.05) is 43.0 Å². The van der Waals surface area contributed by atoms with Crippen LogP contribution in [-0.4, -0.2) is 20.4 Å². The summed E-state index contributed by atoms with van der Waals surface area (Å²) in [6.07, 6.45) is 8.38. The van der Waals surface area contributed by atoms with E-state index in [1.165, 1.54) is 10.9 Å². The SMILES string of the molecule is O=C(CCn1cnc2ccccc2c1=O)NCc1cncc(-c2ccoc2)c1. The number of aromatic nitrogens is 3. The van der Waals surface area contributed by atoms with E-state index in [4.69, 9.17) is 4.42 Å². The van der Waals surface area contributed by atoms with Crippen LogP contribution in [0.25, 0.3) is 22.0 Å². The van der Waals surface area contributed by atoms with Crippen LogP contribution < -0.4 is 10.9 Å². The van der Waals surface area contributed by atoms with Crippen LogP contribution in [0.3, 0.4) is 0 Å². The van der Waals surface area contributed by atoms with Crippen LogP contribution in [-0.2, 0) is 17.9 Å². The number of carbonyl (C=O) groups is 1. The largest absolute Gasteiger partial charge is 0.472 e. The quantitative estimate of drug-likeness (QED) is 0.560. The molecule has 0 bridgehead atoms. The first kappa shape index (κ1) is 17.7. The Morgan fingerprint density at radius 3 is 2.89 bits per heavy atom. The molecule has 0 spiro atoms. The second-order valence-electron chi connectivity index (χ2n) is 6.38. The van der Waals surface area contributed by atoms with Crippen molar-refractivity contribution >= 4 is 16.8 Å². The summed E-state index contributed by atoms with van der Waals surface area (Å²) in [5.74, 6) is -0.145. The Kier molecular flexibility index (Phi) is 4.97. The highest BCUT2D eigenvalue weighted by molar-refractivity contribution is 5.77. The van der Waals surface area contributed by atoms with Crippen LogP contribution in [0, 0.1) is 0 Å². The molecule has 1 amide bonds. The third kappa shape index (κ3) is 3.83. The lowest BCUT2D eigenvalue weighted by Gasteiger charge is -2.08. The number of para-hydroxylation sites is 1. The molecular formula is C21H18N4O3. The standard InChI is InChI=1S/C21H18N4O3/c26-20(5-7-25-14-24-19-4-2-1-3-18(19)21(25)27)23-11-15-9-17(12-22-10-15)16-6-8-28-13-16/h1-4,6,8-10,12-14H,5,7,11H2,(H,23,26). The third-order valence-corrected chi connectivity index (χ3v) is 4.45. The fraction of sp³-hybridized carbons (Fsp3) is 0.143. The molecule has 1 aromatic carbocycles. The Bertz CT molecular complexity index is 1170. The second-order valence-corrected chi connectivity index (χ2v) is 6.38. The highest BCUT2D eigenvalue weighted by atomic mass is 16.3. The van der Waals surface area contributed by atoms with Crippen molar-refractivity contribution in [3.8, 4) is 11.1 Å². The number of hydrogen-bond acceptors (Lipinski definition) is 5. The van der Waals surface area contributed by atoms with E-state index < -0.39 is 0 Å². The van der Waals surface area contributed by atoms with Gasteiger partial charge in [-0.3, -0.25) is 19.1 Å². The number of pyridine rings is 1. The molecule has 0 saturated heterocycles. The molecular weight excluding hydrogens is 356 g/mol. The molecule has 140 valence electrons. The van der Waals surface area contributed by atoms with E-state index in [1.54, 1.807) is 43.1 Å². The topological polar surface area (TPSA) is 90.0 Å². The highest BCUT2D eigenvalue weighted by Crippen LogP contribution is 2.19. The number of amides is 1. The minimum Gasteiger partial charge on any atom is -0.472 e. The van der Waals surface area contributed by atoms with Crippen LogP contribution in [0.4, 0.5) is 0 Å². The van der Waals surface area contributed by atoms with Crippen LogP contribution in [0.2, 0.25) is 0 Å². The lowest BCUT2D eigenvalue weighted by atomic mass is 10.1. The van der Waals surface area contributed by atoms with E-state index in [2.05, 4.69) is 15.3 Å². The van der Waals surface area contributed by atoms with E-state index >= 15 is 0 Å². The Morgan fingerprint density at radius 1 is 1.14 bits per heavy atom. The van der Waals surface area contributed by atoms with Gasteiger partial charge >= 0.3 is 0 Å². The predicted octanol–water partition coefficient (Wildman–Crippen LogP) is 2.76. The van der Waals surface area contributed by atoms with Crippen LogP contribution in [0.5, 0.6) is 0 Å². The summed E-state index contributed by atoms with van der Waals surface area (Å²) < 4.78 is 6.55. The van der Waals surface area contributed by atoms with E-state index in [-0.39, 0.29) is 24.4 Å². The molecule has 4 aromatic rings. The van der Waals surface area contributed by atoms with Gasteiger partial charge < -0.3 is 9.73 Å². The molecule has 0 fully saturated rings. The minimum atomic E-state index is -0.145. The average molecular weight is 374 g/mol. The molecule has 0 atom stereocenters. The Hall–Kier alpha value is -3.74. The van der Waals surface area contributed by atoms with Crippen molar-refractivity contribution in [2.45, 2.75) is 19.5 Å². The third-order valence-electron chi connectivity index (χ3n) is 4.45. The number of nitrogens with zero attached hydrogens (tertiary/aromatic N) is 3.